The summed E-state index contributed by atoms with van der Waals surface area (Å²) >= 11 is 0. The molecule has 6 heteroatoms. The zero-order valence-electron chi connectivity index (χ0n) is 12.8. The van der Waals surface area contributed by atoms with E-state index in [4.69, 9.17) is 9.47 Å². The highest BCUT2D eigenvalue weighted by atomic mass is 16.5. The van der Waals surface area contributed by atoms with Crippen molar-refractivity contribution in [2.75, 3.05) is 33.4 Å². The Morgan fingerprint density at radius 3 is 2.86 bits per heavy atom. The van der Waals surface area contributed by atoms with Crippen LogP contribution in [0, 0.1) is 0 Å². The topological polar surface area (TPSA) is 67.5 Å². The maximum Gasteiger partial charge on any atom is 0.296 e. The molecule has 1 aliphatic rings. The third-order valence-corrected chi connectivity index (χ3v) is 3.97. The summed E-state index contributed by atoms with van der Waals surface area (Å²) in [5.74, 6) is 0.727. The minimum atomic E-state index is -0.207. The standard InChI is InChI=1S/C16H21N3O3/c1-21-16-17-14-11-12(5-6-13(14)15(20)18-16)22-10-9-19-7-3-2-4-8-19/h5-6,11H,2-4,7-10H2,1H3,(H,17,18,20). The number of nitrogens with zero attached hydrogens (tertiary/aromatic N) is 2. The Morgan fingerprint density at radius 1 is 1.27 bits per heavy atom. The number of hydrogen-bond donors (Lipinski definition) is 1. The van der Waals surface area contributed by atoms with E-state index in [1.54, 1.807) is 12.1 Å². The summed E-state index contributed by atoms with van der Waals surface area (Å²) in [4.78, 5) is 21.1. The summed E-state index contributed by atoms with van der Waals surface area (Å²) in [6.45, 7) is 3.90. The number of rotatable bonds is 5. The van der Waals surface area contributed by atoms with E-state index >= 15 is 0 Å². The lowest BCUT2D eigenvalue weighted by atomic mass is 10.1. The molecular formula is C16H21N3O3. The molecule has 0 aliphatic carbocycles. The summed E-state index contributed by atoms with van der Waals surface area (Å²) in [5, 5.41) is 0.532. The van der Waals surface area contributed by atoms with Crippen LogP contribution in [0.4, 0.5) is 0 Å². The van der Waals surface area contributed by atoms with Crippen molar-refractivity contribution in [3.05, 3.63) is 28.6 Å². The van der Waals surface area contributed by atoms with Gasteiger partial charge in [-0.2, -0.15) is 4.98 Å². The minimum Gasteiger partial charge on any atom is -0.492 e. The van der Waals surface area contributed by atoms with Crippen LogP contribution in [0.3, 0.4) is 0 Å². The van der Waals surface area contributed by atoms with Gasteiger partial charge in [0.1, 0.15) is 12.4 Å². The second-order valence-corrected chi connectivity index (χ2v) is 5.50. The van der Waals surface area contributed by atoms with E-state index in [1.165, 1.54) is 26.4 Å². The molecule has 0 spiro atoms. The molecule has 1 aromatic heterocycles. The molecule has 1 aliphatic heterocycles. The van der Waals surface area contributed by atoms with Crippen LogP contribution < -0.4 is 15.0 Å². The summed E-state index contributed by atoms with van der Waals surface area (Å²) in [6.07, 6.45) is 3.90. The van der Waals surface area contributed by atoms with Crippen LogP contribution in [-0.4, -0.2) is 48.2 Å². The van der Waals surface area contributed by atoms with Gasteiger partial charge < -0.3 is 9.47 Å². The van der Waals surface area contributed by atoms with Crippen molar-refractivity contribution in [2.24, 2.45) is 0 Å². The lowest BCUT2D eigenvalue weighted by Crippen LogP contribution is -2.33. The highest BCUT2D eigenvalue weighted by Crippen LogP contribution is 2.18. The SMILES string of the molecule is COc1nc2cc(OCCN3CCCCC3)ccc2c(=O)[nH]1. The third-order valence-electron chi connectivity index (χ3n) is 3.97. The molecule has 0 amide bonds. The van der Waals surface area contributed by atoms with Crippen LogP contribution in [0.5, 0.6) is 11.8 Å². The zero-order chi connectivity index (χ0) is 15.4. The number of aromatic amines is 1. The van der Waals surface area contributed by atoms with Crippen molar-refractivity contribution in [1.29, 1.82) is 0 Å². The van der Waals surface area contributed by atoms with Gasteiger partial charge in [0.15, 0.2) is 0 Å². The van der Waals surface area contributed by atoms with E-state index in [0.29, 0.717) is 17.5 Å². The summed E-state index contributed by atoms with van der Waals surface area (Å²) < 4.78 is 10.8. The maximum absolute atomic E-state index is 11.9. The molecule has 3 rings (SSSR count). The molecule has 2 heterocycles. The van der Waals surface area contributed by atoms with Crippen molar-refractivity contribution in [3.63, 3.8) is 0 Å². The molecule has 0 unspecified atom stereocenters. The molecular weight excluding hydrogens is 282 g/mol. The van der Waals surface area contributed by atoms with E-state index < -0.39 is 0 Å². The molecule has 1 saturated heterocycles. The van der Waals surface area contributed by atoms with Gasteiger partial charge in [0, 0.05) is 12.6 Å². The average Bonchev–Trinajstić information content (AvgIpc) is 2.55. The summed E-state index contributed by atoms with van der Waals surface area (Å²) in [7, 11) is 1.48. The fourth-order valence-electron chi connectivity index (χ4n) is 2.76. The second kappa shape index (κ2) is 6.79. The summed E-state index contributed by atoms with van der Waals surface area (Å²) in [6, 6.07) is 5.53. The van der Waals surface area contributed by atoms with Crippen molar-refractivity contribution >= 4 is 10.9 Å². The van der Waals surface area contributed by atoms with Gasteiger partial charge in [-0.3, -0.25) is 14.7 Å². The Balaban J connectivity index is 1.67. The average molecular weight is 303 g/mol. The lowest BCUT2D eigenvalue weighted by Gasteiger charge is -2.26. The number of benzene rings is 1. The van der Waals surface area contributed by atoms with Crippen LogP contribution in [-0.2, 0) is 0 Å². The quantitative estimate of drug-likeness (QED) is 0.912. The predicted octanol–water partition coefficient (Wildman–Crippen LogP) is 1.80. The van der Waals surface area contributed by atoms with E-state index in [1.807, 2.05) is 6.07 Å². The number of fused-ring (bicyclic) bond motifs is 1. The smallest absolute Gasteiger partial charge is 0.296 e. The van der Waals surface area contributed by atoms with Gasteiger partial charge in [0.25, 0.3) is 11.6 Å². The predicted molar refractivity (Wildman–Crippen MR) is 84.7 cm³/mol. The Morgan fingerprint density at radius 2 is 2.09 bits per heavy atom. The first-order valence-electron chi connectivity index (χ1n) is 7.69. The van der Waals surface area contributed by atoms with E-state index in [9.17, 15) is 4.79 Å². The van der Waals surface area contributed by atoms with Gasteiger partial charge in [0.05, 0.1) is 18.0 Å². The molecule has 6 nitrogen and oxygen atoms in total. The van der Waals surface area contributed by atoms with Crippen molar-refractivity contribution in [1.82, 2.24) is 14.9 Å². The van der Waals surface area contributed by atoms with Crippen LogP contribution in [0.1, 0.15) is 19.3 Å². The van der Waals surface area contributed by atoms with Crippen LogP contribution in [0.2, 0.25) is 0 Å². The van der Waals surface area contributed by atoms with Gasteiger partial charge >= 0.3 is 0 Å². The van der Waals surface area contributed by atoms with E-state index in [-0.39, 0.29) is 11.6 Å². The van der Waals surface area contributed by atoms with E-state index in [0.717, 1.165) is 25.4 Å². The molecule has 0 radical (unpaired) electrons. The van der Waals surface area contributed by atoms with Crippen LogP contribution in [0.15, 0.2) is 23.0 Å². The van der Waals surface area contributed by atoms with Gasteiger partial charge in [-0.1, -0.05) is 6.42 Å². The number of H-pyrrole nitrogens is 1. The first-order valence-corrected chi connectivity index (χ1v) is 7.69. The molecule has 1 aromatic carbocycles. The second-order valence-electron chi connectivity index (χ2n) is 5.50. The molecule has 1 N–H and O–H groups in total. The lowest BCUT2D eigenvalue weighted by molar-refractivity contribution is 0.183. The molecule has 22 heavy (non-hydrogen) atoms. The minimum absolute atomic E-state index is 0.207. The Kier molecular flexibility index (Phi) is 4.58. The van der Waals surface area contributed by atoms with E-state index in [2.05, 4.69) is 14.9 Å². The molecule has 0 bridgehead atoms. The largest absolute Gasteiger partial charge is 0.492 e. The third kappa shape index (κ3) is 3.39. The van der Waals surface area contributed by atoms with Crippen molar-refractivity contribution < 1.29 is 9.47 Å². The Bertz CT molecular complexity index is 693. The normalized spacial score (nSPS) is 15.9. The number of aromatic nitrogens is 2. The monoisotopic (exact) mass is 303 g/mol. The Labute approximate surface area is 129 Å². The highest BCUT2D eigenvalue weighted by molar-refractivity contribution is 5.79. The fourth-order valence-corrected chi connectivity index (χ4v) is 2.76. The fraction of sp³-hybridized carbons (Fsp3) is 0.500. The highest BCUT2D eigenvalue weighted by Gasteiger charge is 2.10. The molecule has 0 saturated carbocycles. The van der Waals surface area contributed by atoms with Gasteiger partial charge in [-0.05, 0) is 38.1 Å². The van der Waals surface area contributed by atoms with Crippen LogP contribution >= 0.6 is 0 Å². The number of methoxy groups -OCH3 is 1. The van der Waals surface area contributed by atoms with Gasteiger partial charge in [0.2, 0.25) is 0 Å². The van der Waals surface area contributed by atoms with Gasteiger partial charge in [-0.15, -0.1) is 0 Å². The maximum atomic E-state index is 11.9. The van der Waals surface area contributed by atoms with Gasteiger partial charge in [-0.25, -0.2) is 0 Å². The molecule has 1 fully saturated rings. The number of hydrogen-bond acceptors (Lipinski definition) is 5. The first kappa shape index (κ1) is 14.8. The Hall–Kier alpha value is -2.08. The summed E-state index contributed by atoms with van der Waals surface area (Å²) in [5.41, 5.74) is 0.373. The molecule has 0 atom stereocenters. The van der Waals surface area contributed by atoms with Crippen LogP contribution in [0.25, 0.3) is 10.9 Å². The number of piperidine rings is 1. The number of likely N-dealkylation sites (tertiary alicyclic amines) is 1. The number of ether oxygens (including phenoxy) is 2. The number of nitrogens with one attached hydrogen (secondary N) is 1. The van der Waals surface area contributed by atoms with Crippen molar-refractivity contribution in [2.45, 2.75) is 19.3 Å². The molecule has 118 valence electrons. The molecule has 2 aromatic rings. The van der Waals surface area contributed by atoms with Crippen molar-refractivity contribution in [3.8, 4) is 11.8 Å². The first-order chi connectivity index (χ1) is 10.8. The zero-order valence-corrected chi connectivity index (χ0v) is 12.8.